The van der Waals surface area contributed by atoms with Crippen LogP contribution in [0.2, 0.25) is 0 Å². The van der Waals surface area contributed by atoms with Crippen molar-refractivity contribution < 1.29 is 71.4 Å². The number of carbonyl (C=O) groups excluding carboxylic acids is 1. The smallest absolute Gasteiger partial charge is 0.414 e. The average Bonchev–Trinajstić information content (AvgIpc) is 2.97. The van der Waals surface area contributed by atoms with Gasteiger partial charge in [-0.2, -0.15) is 48.3 Å². The van der Waals surface area contributed by atoms with E-state index in [0.29, 0.717) is 0 Å². The number of hydrogen-bond acceptors (Lipinski definition) is 2. The van der Waals surface area contributed by atoms with E-state index in [1.165, 1.54) is 0 Å². The summed E-state index contributed by atoms with van der Waals surface area (Å²) in [7, 11) is 0. The normalized spacial score (nSPS) is 24.6. The van der Waals surface area contributed by atoms with Crippen molar-refractivity contribution in [3.8, 4) is 0 Å². The van der Waals surface area contributed by atoms with Crippen LogP contribution in [0.15, 0.2) is 11.6 Å². The molecule has 0 bridgehead atoms. The molecular weight excluding hydrogens is 490 g/mol. The average molecular weight is 494 g/mol. The lowest BCUT2D eigenvalue weighted by molar-refractivity contribution is -0.341. The Morgan fingerprint density at radius 2 is 1.25 bits per heavy atom. The Bertz CT molecular complexity index is 1040. The maximum atomic E-state index is 14.1. The third-order valence-electron chi connectivity index (χ3n) is 5.32. The minimum Gasteiger partial charge on any atom is -0.507 e. The van der Waals surface area contributed by atoms with Gasteiger partial charge in [-0.05, 0) is 6.07 Å². The van der Waals surface area contributed by atoms with Gasteiger partial charge in [0.1, 0.15) is 5.76 Å². The van der Waals surface area contributed by atoms with Crippen molar-refractivity contribution in [2.75, 3.05) is 0 Å². The summed E-state index contributed by atoms with van der Waals surface area (Å²) >= 11 is 0. The van der Waals surface area contributed by atoms with Crippen LogP contribution in [-0.2, 0) is 11.2 Å². The minimum atomic E-state index is -7.50. The summed E-state index contributed by atoms with van der Waals surface area (Å²) in [4.78, 5) is 12.3. The molecule has 16 heteroatoms. The van der Waals surface area contributed by atoms with Crippen LogP contribution in [0.1, 0.15) is 11.1 Å². The van der Waals surface area contributed by atoms with Crippen molar-refractivity contribution in [3.05, 3.63) is 40.2 Å². The van der Waals surface area contributed by atoms with Gasteiger partial charge in [-0.3, -0.25) is 4.79 Å². The number of aliphatic hydroxyl groups excluding tert-OH is 1. The quantitative estimate of drug-likeness (QED) is 0.430. The van der Waals surface area contributed by atoms with E-state index in [2.05, 4.69) is 0 Å². The first kappa shape index (κ1) is 24.1. The molecule has 2 aliphatic carbocycles. The Balaban J connectivity index is 2.37. The van der Waals surface area contributed by atoms with Crippen LogP contribution < -0.4 is 0 Å². The van der Waals surface area contributed by atoms with E-state index < -0.39 is 87.4 Å². The van der Waals surface area contributed by atoms with Gasteiger partial charge in [0.2, 0.25) is 0 Å². The molecule has 0 heterocycles. The molecule has 3 rings (SSSR count). The predicted molar refractivity (Wildman–Crippen MR) is 72.9 cm³/mol. The van der Waals surface area contributed by atoms with E-state index in [0.717, 1.165) is 0 Å². The van der Waals surface area contributed by atoms with Gasteiger partial charge >= 0.3 is 29.9 Å². The fraction of sp³-hybridized carbons (Fsp3) is 0.438. The lowest BCUT2D eigenvalue weighted by Crippen LogP contribution is -2.65. The molecule has 0 aliphatic heterocycles. The number of halogens is 14. The summed E-state index contributed by atoms with van der Waals surface area (Å²) in [6.45, 7) is 0. The van der Waals surface area contributed by atoms with Crippen LogP contribution in [0.5, 0.6) is 0 Å². The molecule has 2 nitrogen and oxygen atoms in total. The first-order chi connectivity index (χ1) is 14.1. The van der Waals surface area contributed by atoms with E-state index in [9.17, 15) is 71.4 Å². The molecule has 0 spiro atoms. The van der Waals surface area contributed by atoms with Crippen LogP contribution in [0, 0.1) is 22.9 Å². The summed E-state index contributed by atoms with van der Waals surface area (Å²) in [5.74, 6) is -42.6. The van der Waals surface area contributed by atoms with Gasteiger partial charge in [-0.15, -0.1) is 0 Å². The second kappa shape index (κ2) is 6.07. The maximum Gasteiger partial charge on any atom is 0.414 e. The molecule has 32 heavy (non-hydrogen) atoms. The number of fused-ring (bicyclic) bond motifs is 1. The Labute approximate surface area is 166 Å². The number of ketones is 1. The second-order valence-electron chi connectivity index (χ2n) is 6.89. The van der Waals surface area contributed by atoms with Crippen LogP contribution in [0.4, 0.5) is 61.5 Å². The molecule has 1 saturated carbocycles. The van der Waals surface area contributed by atoms with Crippen LogP contribution in [0.3, 0.4) is 0 Å². The SMILES string of the molecule is O=C(C1=C(O)c2cc(F)c(F)c(F)c2C1)C1(C(F)(F)F)C(F)(F)C(F)(F)C(F)(F)C1(F)F. The number of rotatable bonds is 2. The van der Waals surface area contributed by atoms with Crippen molar-refractivity contribution in [1.29, 1.82) is 0 Å². The highest BCUT2D eigenvalue weighted by molar-refractivity contribution is 6.09. The van der Waals surface area contributed by atoms with Crippen molar-refractivity contribution in [3.63, 3.8) is 0 Å². The van der Waals surface area contributed by atoms with E-state index in [1.807, 2.05) is 0 Å². The third kappa shape index (κ3) is 2.20. The molecule has 0 atom stereocenters. The number of carbonyl (C=O) groups is 1. The zero-order valence-corrected chi connectivity index (χ0v) is 14.4. The van der Waals surface area contributed by atoms with Crippen molar-refractivity contribution in [2.45, 2.75) is 36.3 Å². The van der Waals surface area contributed by atoms with Gasteiger partial charge in [0.05, 0.1) is 0 Å². The summed E-state index contributed by atoms with van der Waals surface area (Å²) in [5, 5.41) is 9.76. The largest absolute Gasteiger partial charge is 0.507 e. The standard InChI is InChI=1S/C16H4F14O2/c17-6-2-4-3(7(18)8(6)19)1-5(9(4)31)10(32)11(16(28,29)30)12(20,21)14(24,25)15(26,27)13(11,22)23/h2,31H,1H2. The van der Waals surface area contributed by atoms with Crippen LogP contribution in [0.25, 0.3) is 5.76 Å². The van der Waals surface area contributed by atoms with Crippen LogP contribution in [-0.4, -0.2) is 40.8 Å². The predicted octanol–water partition coefficient (Wildman–Crippen LogP) is 5.60. The van der Waals surface area contributed by atoms with E-state index in [1.54, 1.807) is 0 Å². The first-order valence-electron chi connectivity index (χ1n) is 7.86. The Morgan fingerprint density at radius 3 is 1.66 bits per heavy atom. The zero-order valence-electron chi connectivity index (χ0n) is 14.4. The Morgan fingerprint density at radius 1 is 0.812 bits per heavy atom. The summed E-state index contributed by atoms with van der Waals surface area (Å²) < 4.78 is 192. The highest BCUT2D eigenvalue weighted by Crippen LogP contribution is 2.76. The minimum absolute atomic E-state index is 0.169. The van der Waals surface area contributed by atoms with Gasteiger partial charge in [0.25, 0.3) is 5.41 Å². The van der Waals surface area contributed by atoms with Gasteiger partial charge in [0, 0.05) is 23.1 Å². The molecule has 1 aromatic rings. The molecule has 0 saturated heterocycles. The number of aliphatic hydroxyl groups is 1. The zero-order chi connectivity index (χ0) is 25.0. The Hall–Kier alpha value is -2.55. The Kier molecular flexibility index (Phi) is 4.57. The number of alkyl halides is 11. The number of benzene rings is 1. The number of hydrogen-bond donors (Lipinski definition) is 1. The monoisotopic (exact) mass is 494 g/mol. The molecule has 0 amide bonds. The maximum absolute atomic E-state index is 14.1. The van der Waals surface area contributed by atoms with E-state index >= 15 is 0 Å². The van der Waals surface area contributed by atoms with Gasteiger partial charge in [-0.25, -0.2) is 13.2 Å². The molecule has 0 aromatic heterocycles. The lowest BCUT2D eigenvalue weighted by atomic mass is 9.72. The summed E-state index contributed by atoms with van der Waals surface area (Å²) in [6.07, 6.45) is -9.41. The molecule has 1 aromatic carbocycles. The molecule has 178 valence electrons. The first-order valence-corrected chi connectivity index (χ1v) is 7.86. The molecule has 2 aliphatic rings. The number of Topliss-reactive ketones (excluding diaryl/α,β-unsaturated/α-hetero) is 1. The van der Waals surface area contributed by atoms with E-state index in [4.69, 9.17) is 0 Å². The fourth-order valence-electron chi connectivity index (χ4n) is 3.69. The molecule has 1 fully saturated rings. The van der Waals surface area contributed by atoms with Crippen molar-refractivity contribution in [1.82, 2.24) is 0 Å². The van der Waals surface area contributed by atoms with Gasteiger partial charge < -0.3 is 5.11 Å². The highest BCUT2D eigenvalue weighted by Gasteiger charge is 3.06. The topological polar surface area (TPSA) is 37.3 Å². The van der Waals surface area contributed by atoms with E-state index in [-0.39, 0.29) is 6.07 Å². The van der Waals surface area contributed by atoms with Crippen molar-refractivity contribution in [2.24, 2.45) is 5.41 Å². The molecule has 0 unspecified atom stereocenters. The molecule has 1 N–H and O–H groups in total. The van der Waals surface area contributed by atoms with Crippen LogP contribution >= 0.6 is 0 Å². The summed E-state index contributed by atoms with van der Waals surface area (Å²) in [5.41, 5.74) is -12.2. The second-order valence-corrected chi connectivity index (χ2v) is 6.89. The van der Waals surface area contributed by atoms with Gasteiger partial charge in [-0.1, -0.05) is 0 Å². The fourth-order valence-corrected chi connectivity index (χ4v) is 3.69. The molecule has 0 radical (unpaired) electrons. The summed E-state index contributed by atoms with van der Waals surface area (Å²) in [6, 6.07) is -0.169. The third-order valence-corrected chi connectivity index (χ3v) is 5.32. The van der Waals surface area contributed by atoms with Gasteiger partial charge in [0.15, 0.2) is 23.2 Å². The lowest BCUT2D eigenvalue weighted by Gasteiger charge is -2.38. The van der Waals surface area contributed by atoms with Crippen molar-refractivity contribution >= 4 is 11.5 Å². The number of allylic oxidation sites excluding steroid dienone is 1. The molecular formula is C16H4F14O2. The highest BCUT2D eigenvalue weighted by atomic mass is 19.4.